The van der Waals surface area contributed by atoms with Crippen LogP contribution >= 0.6 is 34.0 Å². The predicted molar refractivity (Wildman–Crippen MR) is 441 cm³/mol. The molecule has 0 atom stereocenters. The van der Waals surface area contributed by atoms with Crippen molar-refractivity contribution in [3.8, 4) is 107 Å². The van der Waals surface area contributed by atoms with Crippen LogP contribution in [0, 0.1) is 6.92 Å². The zero-order valence-corrected chi connectivity index (χ0v) is 59.9. The van der Waals surface area contributed by atoms with E-state index in [-0.39, 0.29) is 5.41 Å². The van der Waals surface area contributed by atoms with Crippen molar-refractivity contribution >= 4 is 116 Å². The Morgan fingerprint density at radius 3 is 1.43 bits per heavy atom. The Morgan fingerprint density at radius 1 is 0.305 bits per heavy atom. The maximum Gasteiger partial charge on any atom is 0.164 e. The number of hydrogen-bond acceptors (Lipinski definition) is 9. The molecule has 0 bridgehead atoms. The van der Waals surface area contributed by atoms with E-state index in [9.17, 15) is 0 Å². The van der Waals surface area contributed by atoms with Crippen LogP contribution in [0.1, 0.15) is 41.7 Å². The lowest BCUT2D eigenvalue weighted by atomic mass is 9.78. The average molecular weight is 1400 g/mol. The third kappa shape index (κ3) is 10.1. The molecule has 1 aliphatic rings. The van der Waals surface area contributed by atoms with Gasteiger partial charge in [0, 0.05) is 111 Å². The highest BCUT2D eigenvalue weighted by Gasteiger charge is 2.38. The molecule has 21 rings (SSSR count). The van der Waals surface area contributed by atoms with E-state index in [2.05, 4.69) is 274 Å². The summed E-state index contributed by atoms with van der Waals surface area (Å²) in [5, 5.41) is 10.1. The molecule has 14 aromatic carbocycles. The van der Waals surface area contributed by atoms with E-state index in [1.54, 1.807) is 0 Å². The highest BCUT2D eigenvalue weighted by atomic mass is 32.1. The molecule has 0 radical (unpaired) electrons. The fourth-order valence-corrected chi connectivity index (χ4v) is 20.0. The molecule has 0 saturated heterocycles. The van der Waals surface area contributed by atoms with E-state index in [0.29, 0.717) is 34.9 Å². The van der Waals surface area contributed by atoms with Gasteiger partial charge in [0.15, 0.2) is 34.9 Å². The Morgan fingerprint density at radius 2 is 0.781 bits per heavy atom. The van der Waals surface area contributed by atoms with Gasteiger partial charge in [-0.25, -0.2) is 29.9 Å². The molecule has 1 aliphatic carbocycles. The van der Waals surface area contributed by atoms with Gasteiger partial charge in [0.2, 0.25) is 0 Å². The summed E-state index contributed by atoms with van der Waals surface area (Å²) in [6.07, 6.45) is 0.803. The van der Waals surface area contributed by atoms with Crippen molar-refractivity contribution in [3.63, 3.8) is 0 Å². The first-order valence-electron chi connectivity index (χ1n) is 35.6. The number of thiophene rings is 3. The summed E-state index contributed by atoms with van der Waals surface area (Å²) in [5.74, 6) is 3.87. The number of aromatic nitrogens is 7. The molecule has 494 valence electrons. The highest BCUT2D eigenvalue weighted by molar-refractivity contribution is 7.27. The molecule has 0 N–H and O–H groups in total. The van der Waals surface area contributed by atoms with Crippen LogP contribution in [0.3, 0.4) is 0 Å². The summed E-state index contributed by atoms with van der Waals surface area (Å²) in [5.41, 5.74) is 23.1. The maximum absolute atomic E-state index is 5.28. The van der Waals surface area contributed by atoms with Crippen molar-refractivity contribution in [1.82, 2.24) is 34.5 Å². The van der Waals surface area contributed by atoms with E-state index >= 15 is 0 Å². The first-order valence-corrected chi connectivity index (χ1v) is 38.0. The van der Waals surface area contributed by atoms with Gasteiger partial charge >= 0.3 is 0 Å². The summed E-state index contributed by atoms with van der Waals surface area (Å²) in [7, 11) is 0. The van der Waals surface area contributed by atoms with Crippen molar-refractivity contribution in [2.24, 2.45) is 0 Å². The molecular formula is C95H61N7S3. The smallest absolute Gasteiger partial charge is 0.164 e. The minimum absolute atomic E-state index is 0.217. The van der Waals surface area contributed by atoms with Crippen molar-refractivity contribution in [3.05, 3.63) is 331 Å². The minimum Gasteiger partial charge on any atom is -0.308 e. The second-order valence-electron chi connectivity index (χ2n) is 28.1. The topological polar surface area (TPSA) is 82.3 Å². The Balaban J connectivity index is 0.571. The molecular weight excluding hydrogens is 1340 g/mol. The SMILES string of the molecule is Cc1c(-c2ccccc2Cc2ccc3sc4cc(-c5nc(-c6ccccc6)nc(-c6ccccc6)n5)ccc4c3c2)ccc2c1C(C)(C)c1ccc(-c3ccc(-c4nc(-c5ccccc5)nc(-c5ccc6c(c5)sc5ccc(-n7c8ccccc8c8ccc9c%10ccccc%10sc9c87)cc56)n4)cc3)cc1-2. The summed E-state index contributed by atoms with van der Waals surface area (Å²) in [6.45, 7) is 7.12. The summed E-state index contributed by atoms with van der Waals surface area (Å²) >= 11 is 5.51. The van der Waals surface area contributed by atoms with E-state index < -0.39 is 0 Å². The summed E-state index contributed by atoms with van der Waals surface area (Å²) < 4.78 is 9.98. The number of benzene rings is 14. The number of nitrogens with zero attached hydrogens (tertiary/aromatic N) is 7. The van der Waals surface area contributed by atoms with E-state index in [0.717, 1.165) is 56.6 Å². The third-order valence-electron chi connectivity index (χ3n) is 21.6. The monoisotopic (exact) mass is 1400 g/mol. The molecule has 20 aromatic rings. The first kappa shape index (κ1) is 61.2. The molecule has 0 aliphatic heterocycles. The zero-order chi connectivity index (χ0) is 69.6. The summed E-state index contributed by atoms with van der Waals surface area (Å²) in [4.78, 5) is 30.7. The molecule has 10 heteroatoms. The second-order valence-corrected chi connectivity index (χ2v) is 31.3. The molecule has 0 saturated carbocycles. The van der Waals surface area contributed by atoms with Gasteiger partial charge in [0.1, 0.15) is 0 Å². The van der Waals surface area contributed by atoms with Crippen LogP contribution in [0.15, 0.2) is 303 Å². The number of rotatable bonds is 11. The van der Waals surface area contributed by atoms with Crippen molar-refractivity contribution < 1.29 is 0 Å². The van der Waals surface area contributed by atoms with E-state index in [1.807, 2.05) is 88.6 Å². The molecule has 0 spiro atoms. The van der Waals surface area contributed by atoms with Crippen molar-refractivity contribution in [1.29, 1.82) is 0 Å². The van der Waals surface area contributed by atoms with Crippen LogP contribution in [-0.4, -0.2) is 34.5 Å². The molecule has 0 amide bonds. The van der Waals surface area contributed by atoms with Crippen LogP contribution in [-0.2, 0) is 11.8 Å². The molecule has 0 fully saturated rings. The van der Waals surface area contributed by atoms with E-state index in [4.69, 9.17) is 29.9 Å². The normalized spacial score (nSPS) is 12.6. The molecule has 105 heavy (non-hydrogen) atoms. The quantitative estimate of drug-likeness (QED) is 0.128. The van der Waals surface area contributed by atoms with Gasteiger partial charge in [-0.05, 0) is 135 Å². The summed E-state index contributed by atoms with van der Waals surface area (Å²) in [6, 6.07) is 110. The lowest BCUT2D eigenvalue weighted by Crippen LogP contribution is -2.17. The largest absolute Gasteiger partial charge is 0.308 e. The molecule has 7 nitrogen and oxygen atoms in total. The van der Waals surface area contributed by atoms with Crippen LogP contribution < -0.4 is 0 Å². The average Bonchev–Trinajstić information content (AvgIpc) is 1.57. The van der Waals surface area contributed by atoms with Gasteiger partial charge in [0.05, 0.1) is 15.7 Å². The molecule has 0 unspecified atom stereocenters. The number of fused-ring (bicyclic) bond motifs is 16. The van der Waals surface area contributed by atoms with Gasteiger partial charge in [-0.15, -0.1) is 34.0 Å². The Labute approximate surface area is 617 Å². The van der Waals surface area contributed by atoms with Crippen LogP contribution in [0.25, 0.3) is 190 Å². The van der Waals surface area contributed by atoms with Crippen molar-refractivity contribution in [2.45, 2.75) is 32.6 Å². The van der Waals surface area contributed by atoms with Crippen LogP contribution in [0.4, 0.5) is 0 Å². The Hall–Kier alpha value is -12.4. The van der Waals surface area contributed by atoms with E-state index in [1.165, 1.54) is 132 Å². The van der Waals surface area contributed by atoms with Gasteiger partial charge in [-0.1, -0.05) is 257 Å². The minimum atomic E-state index is -0.217. The van der Waals surface area contributed by atoms with Gasteiger partial charge in [0.25, 0.3) is 0 Å². The first-order chi connectivity index (χ1) is 51.6. The van der Waals surface area contributed by atoms with Crippen LogP contribution in [0.5, 0.6) is 0 Å². The standard InChI is InChI=1S/C95H61N7S3/c1-55-67(68-26-14-13-25-63(68)49-56-31-47-82-77(50-56)71-40-36-64(52-84(71)103-82)93-98-89(58-19-7-4-8-20-58)96-90(99-93)59-21-9-5-10-22-59)42-43-73-76-51-62(38-46-79(76)95(2,3)86(55)73)57-32-34-61(35-33-57)92-97-91(60-23-11-6-12-24-60)100-94(101-92)65-37-41-72-78-54-66(39-48-83(78)104-85(72)53-65)102-80-29-17-15-27-69(80)74-44-45-75-70-28-16-18-30-81(70)105-88(75)87(74)102/h4-48,50-54H,49H2,1-3H3. The second kappa shape index (κ2) is 24.1. The Bertz CT molecular complexity index is 6910. The lowest BCUT2D eigenvalue weighted by Gasteiger charge is -2.25. The highest BCUT2D eigenvalue weighted by Crippen LogP contribution is 2.53. The number of para-hydroxylation sites is 1. The van der Waals surface area contributed by atoms with Gasteiger partial charge in [-0.3, -0.25) is 0 Å². The Kier molecular flexibility index (Phi) is 14.0. The fraction of sp³-hybridized carbons (Fsp3) is 0.0526. The third-order valence-corrected chi connectivity index (χ3v) is 25.0. The van der Waals surface area contributed by atoms with Crippen LogP contribution in [0.2, 0.25) is 0 Å². The zero-order valence-electron chi connectivity index (χ0n) is 57.4. The number of hydrogen-bond donors (Lipinski definition) is 0. The predicted octanol–water partition coefficient (Wildman–Crippen LogP) is 25.8. The fourth-order valence-electron chi connectivity index (χ4n) is 16.5. The lowest BCUT2D eigenvalue weighted by molar-refractivity contribution is 0.656. The van der Waals surface area contributed by atoms with Gasteiger partial charge < -0.3 is 4.57 Å². The molecule has 6 aromatic heterocycles. The molecule has 6 heterocycles. The van der Waals surface area contributed by atoms with Crippen molar-refractivity contribution in [2.75, 3.05) is 0 Å². The maximum atomic E-state index is 5.28. The van der Waals surface area contributed by atoms with Gasteiger partial charge in [-0.2, -0.15) is 0 Å².